The molecule has 0 radical (unpaired) electrons. The van der Waals surface area contributed by atoms with E-state index in [9.17, 15) is 0 Å². The van der Waals surface area contributed by atoms with E-state index in [1.807, 2.05) is 18.2 Å². The van der Waals surface area contributed by atoms with Crippen LogP contribution in [0.25, 0.3) is 0 Å². The van der Waals surface area contributed by atoms with Crippen LogP contribution in [0.5, 0.6) is 5.75 Å². The van der Waals surface area contributed by atoms with Gasteiger partial charge in [0.05, 0.1) is 7.11 Å². The molecule has 2 atom stereocenters. The minimum Gasteiger partial charge on any atom is -0.496 e. The minimum absolute atomic E-state index is 0.352. The van der Waals surface area contributed by atoms with Gasteiger partial charge in [0, 0.05) is 29.2 Å². The minimum atomic E-state index is 0.352. The van der Waals surface area contributed by atoms with Crippen LogP contribution in [0.4, 0.5) is 0 Å². The Balaban J connectivity index is 1.84. The predicted molar refractivity (Wildman–Crippen MR) is 82.5 cm³/mol. The third kappa shape index (κ3) is 2.80. The number of hydrogen-bond acceptors (Lipinski definition) is 3. The molecule has 4 heteroatoms. The number of halogens is 1. The molecule has 0 amide bonds. The van der Waals surface area contributed by atoms with Gasteiger partial charge in [-0.1, -0.05) is 17.7 Å². The van der Waals surface area contributed by atoms with Crippen LogP contribution in [0.1, 0.15) is 30.9 Å². The number of benzene rings is 1. The Morgan fingerprint density at radius 2 is 2.15 bits per heavy atom. The van der Waals surface area contributed by atoms with Crippen LogP contribution >= 0.6 is 11.6 Å². The Morgan fingerprint density at radius 1 is 1.35 bits per heavy atom. The first-order valence-corrected chi connectivity index (χ1v) is 7.84. The quantitative estimate of drug-likeness (QED) is 0.903. The summed E-state index contributed by atoms with van der Waals surface area (Å²) in [6, 6.07) is 7.05. The van der Waals surface area contributed by atoms with Crippen LogP contribution in [0, 0.1) is 5.92 Å². The monoisotopic (exact) mass is 294 g/mol. The Morgan fingerprint density at radius 3 is 2.85 bits per heavy atom. The fourth-order valence-electron chi connectivity index (χ4n) is 3.28. The smallest absolute Gasteiger partial charge is 0.125 e. The van der Waals surface area contributed by atoms with Gasteiger partial charge in [-0.3, -0.25) is 4.90 Å². The summed E-state index contributed by atoms with van der Waals surface area (Å²) >= 11 is 6.47. The zero-order chi connectivity index (χ0) is 14.1. The summed E-state index contributed by atoms with van der Waals surface area (Å²) in [5.74, 6) is 1.52. The predicted octanol–water partition coefficient (Wildman–Crippen LogP) is 3.09. The Kier molecular flexibility index (Phi) is 4.20. The number of rotatable bonds is 5. The third-order valence-corrected chi connectivity index (χ3v) is 4.88. The lowest BCUT2D eigenvalue weighted by Gasteiger charge is -2.28. The highest BCUT2D eigenvalue weighted by Gasteiger charge is 2.36. The van der Waals surface area contributed by atoms with Crippen molar-refractivity contribution >= 4 is 11.6 Å². The topological polar surface area (TPSA) is 24.5 Å². The van der Waals surface area contributed by atoms with Crippen LogP contribution in [0.15, 0.2) is 18.2 Å². The summed E-state index contributed by atoms with van der Waals surface area (Å²) in [5, 5.41) is 4.48. The van der Waals surface area contributed by atoms with Crippen LogP contribution in [-0.2, 0) is 0 Å². The molecule has 0 spiro atoms. The molecular formula is C16H23ClN2O. The number of likely N-dealkylation sites (tertiary alicyclic amines) is 1. The molecule has 0 bridgehead atoms. The molecule has 1 aliphatic carbocycles. The first-order chi connectivity index (χ1) is 9.70. The summed E-state index contributed by atoms with van der Waals surface area (Å²) in [5.41, 5.74) is 1.15. The number of nitrogens with one attached hydrogen (secondary N) is 1. The van der Waals surface area contributed by atoms with Gasteiger partial charge in [0.25, 0.3) is 0 Å². The van der Waals surface area contributed by atoms with E-state index >= 15 is 0 Å². The molecular weight excluding hydrogens is 272 g/mol. The lowest BCUT2D eigenvalue weighted by molar-refractivity contribution is 0.263. The molecule has 110 valence electrons. The van der Waals surface area contributed by atoms with E-state index in [4.69, 9.17) is 16.3 Å². The van der Waals surface area contributed by atoms with E-state index < -0.39 is 0 Å². The zero-order valence-corrected chi connectivity index (χ0v) is 13.0. The summed E-state index contributed by atoms with van der Waals surface area (Å²) in [6.07, 6.45) is 3.89. The van der Waals surface area contributed by atoms with E-state index in [1.165, 1.54) is 19.3 Å². The second kappa shape index (κ2) is 5.92. The normalized spacial score (nSPS) is 26.9. The molecule has 1 aromatic rings. The van der Waals surface area contributed by atoms with E-state index in [0.29, 0.717) is 12.0 Å². The molecule has 1 heterocycles. The highest BCUT2D eigenvalue weighted by Crippen LogP contribution is 2.43. The standard InChI is InChI=1S/C16H23ClN2O/c1-19-9-8-11(10-18-12-6-7-12)16(19)15-13(17)4-3-5-14(15)20-2/h3-5,11-12,16,18H,6-10H2,1-2H3. The summed E-state index contributed by atoms with van der Waals surface area (Å²) in [4.78, 5) is 2.41. The molecule has 3 rings (SSSR count). The second-order valence-electron chi connectivity index (χ2n) is 6.01. The van der Waals surface area contributed by atoms with Crippen LogP contribution in [0.2, 0.25) is 5.02 Å². The maximum atomic E-state index is 6.47. The lowest BCUT2D eigenvalue weighted by atomic mass is 9.93. The van der Waals surface area contributed by atoms with Gasteiger partial charge in [0.1, 0.15) is 5.75 Å². The maximum Gasteiger partial charge on any atom is 0.125 e. The largest absolute Gasteiger partial charge is 0.496 e. The Labute approximate surface area is 126 Å². The number of methoxy groups -OCH3 is 1. The third-order valence-electron chi connectivity index (χ3n) is 4.55. The summed E-state index contributed by atoms with van der Waals surface area (Å²) < 4.78 is 5.54. The van der Waals surface area contributed by atoms with Gasteiger partial charge in [-0.05, 0) is 50.9 Å². The fraction of sp³-hybridized carbons (Fsp3) is 0.625. The molecule has 1 aliphatic heterocycles. The van der Waals surface area contributed by atoms with Crippen molar-refractivity contribution in [2.75, 3.05) is 27.2 Å². The maximum absolute atomic E-state index is 6.47. The van der Waals surface area contributed by atoms with Crippen molar-refractivity contribution in [2.24, 2.45) is 5.92 Å². The van der Waals surface area contributed by atoms with Crippen molar-refractivity contribution < 1.29 is 4.74 Å². The van der Waals surface area contributed by atoms with Gasteiger partial charge in [-0.2, -0.15) is 0 Å². The fourth-order valence-corrected chi connectivity index (χ4v) is 3.56. The van der Waals surface area contributed by atoms with E-state index in [2.05, 4.69) is 17.3 Å². The van der Waals surface area contributed by atoms with Gasteiger partial charge in [0.2, 0.25) is 0 Å². The molecule has 20 heavy (non-hydrogen) atoms. The SMILES string of the molecule is COc1cccc(Cl)c1C1C(CNC2CC2)CCN1C. The average Bonchev–Trinajstić information content (AvgIpc) is 3.21. The van der Waals surface area contributed by atoms with Crippen molar-refractivity contribution in [3.05, 3.63) is 28.8 Å². The number of hydrogen-bond donors (Lipinski definition) is 1. The van der Waals surface area contributed by atoms with Crippen molar-refractivity contribution in [1.82, 2.24) is 10.2 Å². The lowest BCUT2D eigenvalue weighted by Crippen LogP contribution is -2.30. The first kappa shape index (κ1) is 14.2. The van der Waals surface area contributed by atoms with Gasteiger partial charge < -0.3 is 10.1 Å². The van der Waals surface area contributed by atoms with Crippen molar-refractivity contribution in [3.8, 4) is 5.75 Å². The van der Waals surface area contributed by atoms with Crippen LogP contribution < -0.4 is 10.1 Å². The molecule has 3 nitrogen and oxygen atoms in total. The van der Waals surface area contributed by atoms with Gasteiger partial charge in [-0.25, -0.2) is 0 Å². The van der Waals surface area contributed by atoms with Crippen molar-refractivity contribution in [3.63, 3.8) is 0 Å². The summed E-state index contributed by atoms with van der Waals surface area (Å²) in [7, 11) is 3.91. The molecule has 1 saturated heterocycles. The molecule has 0 aromatic heterocycles. The highest BCUT2D eigenvalue weighted by atomic mass is 35.5. The average molecular weight is 295 g/mol. The van der Waals surface area contributed by atoms with Crippen LogP contribution in [0.3, 0.4) is 0 Å². The van der Waals surface area contributed by atoms with Gasteiger partial charge in [-0.15, -0.1) is 0 Å². The Bertz CT molecular complexity index is 476. The molecule has 1 aromatic carbocycles. The molecule has 2 fully saturated rings. The van der Waals surface area contributed by atoms with Gasteiger partial charge >= 0.3 is 0 Å². The molecule has 2 unspecified atom stereocenters. The molecule has 2 aliphatic rings. The van der Waals surface area contributed by atoms with Crippen LogP contribution in [-0.4, -0.2) is 38.2 Å². The van der Waals surface area contributed by atoms with E-state index in [1.54, 1.807) is 7.11 Å². The van der Waals surface area contributed by atoms with Crippen molar-refractivity contribution in [2.45, 2.75) is 31.3 Å². The van der Waals surface area contributed by atoms with Gasteiger partial charge in [0.15, 0.2) is 0 Å². The Hall–Kier alpha value is -0.770. The zero-order valence-electron chi connectivity index (χ0n) is 12.2. The number of nitrogens with zero attached hydrogens (tertiary/aromatic N) is 1. The van der Waals surface area contributed by atoms with E-state index in [-0.39, 0.29) is 0 Å². The second-order valence-corrected chi connectivity index (χ2v) is 6.42. The van der Waals surface area contributed by atoms with Crippen molar-refractivity contribution in [1.29, 1.82) is 0 Å². The first-order valence-electron chi connectivity index (χ1n) is 7.46. The molecule has 1 N–H and O–H groups in total. The summed E-state index contributed by atoms with van der Waals surface area (Å²) in [6.45, 7) is 2.20. The molecule has 1 saturated carbocycles. The number of ether oxygens (including phenoxy) is 1. The highest BCUT2D eigenvalue weighted by molar-refractivity contribution is 6.31. The van der Waals surface area contributed by atoms with E-state index in [0.717, 1.165) is 35.5 Å².